The van der Waals surface area contributed by atoms with Crippen LogP contribution in [-0.2, 0) is 4.79 Å². The molecule has 0 saturated carbocycles. The van der Waals surface area contributed by atoms with E-state index in [1.54, 1.807) is 12.1 Å². The first-order valence-corrected chi connectivity index (χ1v) is 3.72. The molecule has 1 aromatic rings. The molecule has 0 saturated heterocycles. The fraction of sp³-hybridized carbons (Fsp3) is 0. The number of benzene rings is 1. The van der Waals surface area contributed by atoms with Gasteiger partial charge < -0.3 is 10.4 Å². The molecule has 0 bridgehead atoms. The summed E-state index contributed by atoms with van der Waals surface area (Å²) in [4.78, 5) is 10.0. The molecule has 3 nitrogen and oxygen atoms in total. The summed E-state index contributed by atoms with van der Waals surface area (Å²) in [7, 11) is 0. The van der Waals surface area contributed by atoms with E-state index < -0.39 is 0 Å². The molecule has 0 atom stereocenters. The molecule has 0 aliphatic rings. The van der Waals surface area contributed by atoms with Crippen LogP contribution in [0.5, 0.6) is 5.75 Å². The molecule has 0 radical (unpaired) electrons. The lowest BCUT2D eigenvalue weighted by Gasteiger charge is -2.01. The fourth-order valence-corrected chi connectivity index (χ4v) is 1.05. The minimum atomic E-state index is 0.0558. The molecule has 0 aromatic heterocycles. The molecule has 0 fully saturated rings. The molecule has 0 aliphatic heterocycles. The van der Waals surface area contributed by atoms with Gasteiger partial charge in [-0.3, -0.25) is 4.79 Å². The zero-order valence-corrected chi connectivity index (χ0v) is 7.13. The Bertz CT molecular complexity index is 275. The van der Waals surface area contributed by atoms with Crippen molar-refractivity contribution in [2.24, 2.45) is 0 Å². The van der Waals surface area contributed by atoms with E-state index >= 15 is 0 Å². The van der Waals surface area contributed by atoms with E-state index in [9.17, 15) is 4.79 Å². The van der Waals surface area contributed by atoms with Crippen LogP contribution >= 0.6 is 15.9 Å². The monoisotopic (exact) mass is 215 g/mol. The van der Waals surface area contributed by atoms with Crippen molar-refractivity contribution in [3.8, 4) is 5.75 Å². The SMILES string of the molecule is O=CNc1cc(Br)ccc1O. The summed E-state index contributed by atoms with van der Waals surface area (Å²) in [6, 6.07) is 4.80. The van der Waals surface area contributed by atoms with Crippen molar-refractivity contribution in [2.75, 3.05) is 5.32 Å². The smallest absolute Gasteiger partial charge is 0.211 e. The fourth-order valence-electron chi connectivity index (χ4n) is 0.687. The van der Waals surface area contributed by atoms with Gasteiger partial charge in [0, 0.05) is 4.47 Å². The van der Waals surface area contributed by atoms with Crippen LogP contribution in [0.3, 0.4) is 0 Å². The maximum Gasteiger partial charge on any atom is 0.211 e. The van der Waals surface area contributed by atoms with Gasteiger partial charge >= 0.3 is 0 Å². The number of phenols is 1. The zero-order valence-electron chi connectivity index (χ0n) is 5.54. The Morgan fingerprint density at radius 3 is 2.91 bits per heavy atom. The molecule has 2 N–H and O–H groups in total. The number of anilines is 1. The lowest BCUT2D eigenvalue weighted by atomic mass is 10.3. The number of hydrogen-bond donors (Lipinski definition) is 2. The quantitative estimate of drug-likeness (QED) is 0.584. The molecule has 0 unspecified atom stereocenters. The maximum absolute atomic E-state index is 10.0. The number of amides is 1. The summed E-state index contributed by atoms with van der Waals surface area (Å²) in [6.45, 7) is 0. The summed E-state index contributed by atoms with van der Waals surface area (Å²) in [6.07, 6.45) is 0.515. The summed E-state index contributed by atoms with van der Waals surface area (Å²) in [5.41, 5.74) is 0.398. The van der Waals surface area contributed by atoms with Crippen LogP contribution in [0.1, 0.15) is 0 Å². The normalized spacial score (nSPS) is 9.18. The van der Waals surface area contributed by atoms with Crippen LogP contribution in [0.15, 0.2) is 22.7 Å². The summed E-state index contributed by atoms with van der Waals surface area (Å²) >= 11 is 3.20. The van der Waals surface area contributed by atoms with Crippen LogP contribution in [-0.4, -0.2) is 11.5 Å². The third-order valence-electron chi connectivity index (χ3n) is 1.17. The minimum absolute atomic E-state index is 0.0558. The molecule has 0 aliphatic carbocycles. The number of hydrogen-bond acceptors (Lipinski definition) is 2. The van der Waals surface area contributed by atoms with Crippen molar-refractivity contribution < 1.29 is 9.90 Å². The summed E-state index contributed by atoms with van der Waals surface area (Å²) < 4.78 is 0.805. The van der Waals surface area contributed by atoms with Crippen molar-refractivity contribution >= 4 is 28.0 Å². The molecule has 58 valence electrons. The number of phenolic OH excluding ortho intramolecular Hbond substituents is 1. The van der Waals surface area contributed by atoms with Gasteiger partial charge in [0.1, 0.15) is 5.75 Å². The molecular formula is C7H6BrNO2. The second kappa shape index (κ2) is 3.39. The van der Waals surface area contributed by atoms with E-state index in [2.05, 4.69) is 21.2 Å². The number of halogens is 1. The number of carbonyl (C=O) groups excluding carboxylic acids is 1. The van der Waals surface area contributed by atoms with E-state index in [1.165, 1.54) is 6.07 Å². The first-order chi connectivity index (χ1) is 5.24. The Hall–Kier alpha value is -1.03. The van der Waals surface area contributed by atoms with Crippen LogP contribution in [0.25, 0.3) is 0 Å². The number of carbonyl (C=O) groups is 1. The highest BCUT2D eigenvalue weighted by Crippen LogP contribution is 2.25. The Morgan fingerprint density at radius 1 is 1.55 bits per heavy atom. The second-order valence-electron chi connectivity index (χ2n) is 1.92. The van der Waals surface area contributed by atoms with E-state index in [-0.39, 0.29) is 5.75 Å². The molecule has 1 aromatic carbocycles. The summed E-state index contributed by atoms with van der Waals surface area (Å²) in [5, 5.41) is 11.5. The average molecular weight is 216 g/mol. The molecule has 0 spiro atoms. The van der Waals surface area contributed by atoms with E-state index in [0.717, 1.165) is 4.47 Å². The van der Waals surface area contributed by atoms with Gasteiger partial charge in [0.05, 0.1) is 5.69 Å². The third-order valence-corrected chi connectivity index (χ3v) is 1.67. The molecular weight excluding hydrogens is 210 g/mol. The van der Waals surface area contributed by atoms with Gasteiger partial charge in [-0.1, -0.05) is 15.9 Å². The van der Waals surface area contributed by atoms with Crippen molar-refractivity contribution in [2.45, 2.75) is 0 Å². The van der Waals surface area contributed by atoms with Crippen LogP contribution in [0.2, 0.25) is 0 Å². The van der Waals surface area contributed by atoms with E-state index in [0.29, 0.717) is 12.1 Å². The van der Waals surface area contributed by atoms with Crippen LogP contribution in [0.4, 0.5) is 5.69 Å². The average Bonchev–Trinajstić information content (AvgIpc) is 1.98. The van der Waals surface area contributed by atoms with E-state index in [4.69, 9.17) is 5.11 Å². The highest BCUT2D eigenvalue weighted by Gasteiger charge is 1.98. The Balaban J connectivity index is 3.01. The third kappa shape index (κ3) is 1.94. The highest BCUT2D eigenvalue weighted by molar-refractivity contribution is 9.10. The van der Waals surface area contributed by atoms with E-state index in [1.807, 2.05) is 0 Å². The number of rotatable bonds is 2. The van der Waals surface area contributed by atoms with Crippen molar-refractivity contribution in [1.29, 1.82) is 0 Å². The van der Waals surface area contributed by atoms with Crippen LogP contribution in [0, 0.1) is 0 Å². The predicted molar refractivity (Wildman–Crippen MR) is 45.5 cm³/mol. The van der Waals surface area contributed by atoms with Crippen molar-refractivity contribution in [3.63, 3.8) is 0 Å². The summed E-state index contributed by atoms with van der Waals surface area (Å²) in [5.74, 6) is 0.0558. The van der Waals surface area contributed by atoms with Gasteiger partial charge in [0.25, 0.3) is 0 Å². The topological polar surface area (TPSA) is 49.3 Å². The van der Waals surface area contributed by atoms with Gasteiger partial charge in [-0.25, -0.2) is 0 Å². The number of nitrogens with one attached hydrogen (secondary N) is 1. The first kappa shape index (κ1) is 8.07. The van der Waals surface area contributed by atoms with Crippen LogP contribution < -0.4 is 5.32 Å². The van der Waals surface area contributed by atoms with Gasteiger partial charge in [-0.05, 0) is 18.2 Å². The van der Waals surface area contributed by atoms with Crippen molar-refractivity contribution in [3.05, 3.63) is 22.7 Å². The minimum Gasteiger partial charge on any atom is -0.506 e. The lowest BCUT2D eigenvalue weighted by Crippen LogP contribution is -1.93. The standard InChI is InChI=1S/C7H6BrNO2/c8-5-1-2-7(11)6(3-5)9-4-10/h1-4,11H,(H,9,10). The predicted octanol–water partition coefficient (Wildman–Crippen LogP) is 1.72. The van der Waals surface area contributed by atoms with Crippen molar-refractivity contribution in [1.82, 2.24) is 0 Å². The first-order valence-electron chi connectivity index (χ1n) is 2.93. The van der Waals surface area contributed by atoms with Gasteiger partial charge in [0.15, 0.2) is 0 Å². The zero-order chi connectivity index (χ0) is 8.27. The Morgan fingerprint density at radius 2 is 2.27 bits per heavy atom. The number of aromatic hydroxyl groups is 1. The Kier molecular flexibility index (Phi) is 2.48. The molecule has 1 rings (SSSR count). The highest BCUT2D eigenvalue weighted by atomic mass is 79.9. The second-order valence-corrected chi connectivity index (χ2v) is 2.84. The van der Waals surface area contributed by atoms with Gasteiger partial charge in [-0.15, -0.1) is 0 Å². The van der Waals surface area contributed by atoms with Gasteiger partial charge in [0.2, 0.25) is 6.41 Å². The molecule has 0 heterocycles. The molecule has 11 heavy (non-hydrogen) atoms. The van der Waals surface area contributed by atoms with Gasteiger partial charge in [-0.2, -0.15) is 0 Å². The molecule has 4 heteroatoms. The lowest BCUT2D eigenvalue weighted by molar-refractivity contribution is -0.105. The largest absolute Gasteiger partial charge is 0.506 e. The Labute approximate surface area is 72.2 Å². The maximum atomic E-state index is 10.0. The molecule has 1 amide bonds.